The third kappa shape index (κ3) is 4.04. The number of imidazole rings is 1. The summed E-state index contributed by atoms with van der Waals surface area (Å²) in [7, 11) is 0. The third-order valence-corrected chi connectivity index (χ3v) is 7.16. The maximum atomic E-state index is 6.25. The first kappa shape index (κ1) is 21.8. The van der Waals surface area contributed by atoms with Crippen molar-refractivity contribution in [1.29, 1.82) is 0 Å². The van der Waals surface area contributed by atoms with Crippen LogP contribution in [0, 0.1) is 6.92 Å². The third-order valence-electron chi connectivity index (χ3n) is 7.16. The maximum absolute atomic E-state index is 6.25. The van der Waals surface area contributed by atoms with Crippen LogP contribution < -0.4 is 4.74 Å². The highest BCUT2D eigenvalue weighted by atomic mass is 16.5. The van der Waals surface area contributed by atoms with E-state index in [9.17, 15) is 0 Å². The van der Waals surface area contributed by atoms with Gasteiger partial charge in [-0.3, -0.25) is 10.1 Å². The molecule has 0 radical (unpaired) electrons. The lowest BCUT2D eigenvalue weighted by molar-refractivity contribution is 0.154. The van der Waals surface area contributed by atoms with E-state index in [1.165, 1.54) is 19.3 Å². The Hall–Kier alpha value is -4.46. The first-order valence-electron chi connectivity index (χ1n) is 12.8. The van der Waals surface area contributed by atoms with Crippen LogP contribution in [0.2, 0.25) is 0 Å². The van der Waals surface area contributed by atoms with Crippen LogP contribution >= 0.6 is 0 Å². The van der Waals surface area contributed by atoms with Crippen LogP contribution in [0.3, 0.4) is 0 Å². The van der Waals surface area contributed by atoms with E-state index in [-0.39, 0.29) is 6.10 Å². The summed E-state index contributed by atoms with van der Waals surface area (Å²) in [6.07, 6.45) is 13.8. The van der Waals surface area contributed by atoms with Crippen molar-refractivity contribution >= 4 is 21.9 Å². The molecule has 1 saturated carbocycles. The van der Waals surface area contributed by atoms with E-state index in [2.05, 4.69) is 43.3 Å². The number of benzene rings is 1. The normalized spacial score (nSPS) is 14.5. The van der Waals surface area contributed by atoms with Crippen molar-refractivity contribution in [2.75, 3.05) is 0 Å². The molecular formula is C29H27N7O. The molecule has 1 fully saturated rings. The van der Waals surface area contributed by atoms with Gasteiger partial charge in [-0.1, -0.05) is 12.5 Å². The Kier molecular flexibility index (Phi) is 5.23. The summed E-state index contributed by atoms with van der Waals surface area (Å²) in [5, 5.41) is 8.85. The fourth-order valence-electron chi connectivity index (χ4n) is 5.29. The molecule has 1 aliphatic carbocycles. The topological polar surface area (TPSA) is 97.3 Å². The Bertz CT molecular complexity index is 1720. The van der Waals surface area contributed by atoms with Gasteiger partial charge in [0.2, 0.25) is 0 Å². The maximum Gasteiger partial charge on any atom is 0.138 e. The molecule has 0 aliphatic heterocycles. The van der Waals surface area contributed by atoms with Gasteiger partial charge in [-0.2, -0.15) is 5.10 Å². The monoisotopic (exact) mass is 489 g/mol. The van der Waals surface area contributed by atoms with E-state index < -0.39 is 0 Å². The van der Waals surface area contributed by atoms with Gasteiger partial charge in [0, 0.05) is 28.9 Å². The van der Waals surface area contributed by atoms with Crippen LogP contribution in [0.15, 0.2) is 67.4 Å². The summed E-state index contributed by atoms with van der Waals surface area (Å²) < 4.78 is 8.29. The van der Waals surface area contributed by atoms with Gasteiger partial charge in [0.05, 0.1) is 46.9 Å². The molecule has 0 amide bonds. The van der Waals surface area contributed by atoms with Crippen molar-refractivity contribution in [2.45, 2.75) is 45.1 Å². The average Bonchev–Trinajstić information content (AvgIpc) is 3.66. The molecule has 0 bridgehead atoms. The van der Waals surface area contributed by atoms with Crippen molar-refractivity contribution in [3.63, 3.8) is 0 Å². The SMILES string of the molecule is Cc1cn(-c2cccc3[nH]c(-c4n[nH]c5ccc(-c6cncc(OC7CCCCC7)c6)nc45)cc23)cn1. The number of aromatic nitrogens is 7. The molecule has 6 aromatic rings. The Balaban J connectivity index is 1.26. The van der Waals surface area contributed by atoms with E-state index in [4.69, 9.17) is 9.72 Å². The highest BCUT2D eigenvalue weighted by Gasteiger charge is 2.17. The molecule has 8 heteroatoms. The smallest absolute Gasteiger partial charge is 0.138 e. The number of hydrogen-bond acceptors (Lipinski definition) is 5. The van der Waals surface area contributed by atoms with Gasteiger partial charge >= 0.3 is 0 Å². The standard InChI is InChI=1S/C29H27N7O/c1-18-16-36(17-31-18)27-9-5-8-24-22(27)13-26(32-24)29-28-25(34-35-29)11-10-23(33-28)19-12-21(15-30-14-19)37-20-6-3-2-4-7-20/h5,8-17,20,32H,2-4,6-7H2,1H3,(H,34,35). The molecule has 1 aromatic carbocycles. The average molecular weight is 490 g/mol. The summed E-state index contributed by atoms with van der Waals surface area (Å²) in [4.78, 5) is 17.4. The van der Waals surface area contributed by atoms with E-state index in [0.29, 0.717) is 0 Å². The quantitative estimate of drug-likeness (QED) is 0.293. The second-order valence-electron chi connectivity index (χ2n) is 9.80. The van der Waals surface area contributed by atoms with Crippen LogP contribution in [0.1, 0.15) is 37.8 Å². The lowest BCUT2D eigenvalue weighted by Gasteiger charge is -2.22. The Morgan fingerprint density at radius 2 is 1.92 bits per heavy atom. The van der Waals surface area contributed by atoms with E-state index >= 15 is 0 Å². The number of nitrogens with one attached hydrogen (secondary N) is 2. The van der Waals surface area contributed by atoms with Crippen LogP contribution in [-0.4, -0.2) is 40.8 Å². The van der Waals surface area contributed by atoms with E-state index in [1.54, 1.807) is 6.20 Å². The molecule has 0 atom stereocenters. The minimum Gasteiger partial charge on any atom is -0.489 e. The molecular weight excluding hydrogens is 462 g/mol. The Morgan fingerprint density at radius 1 is 1.00 bits per heavy atom. The zero-order valence-electron chi connectivity index (χ0n) is 20.6. The van der Waals surface area contributed by atoms with Gasteiger partial charge < -0.3 is 14.3 Å². The minimum absolute atomic E-state index is 0.278. The zero-order chi connectivity index (χ0) is 24.8. The number of nitrogens with zero attached hydrogens (tertiary/aromatic N) is 5. The number of H-pyrrole nitrogens is 2. The van der Waals surface area contributed by atoms with Crippen LogP contribution in [0.25, 0.3) is 50.3 Å². The number of ether oxygens (including phenoxy) is 1. The first-order chi connectivity index (χ1) is 18.2. The Morgan fingerprint density at radius 3 is 2.78 bits per heavy atom. The molecule has 0 unspecified atom stereocenters. The largest absolute Gasteiger partial charge is 0.489 e. The highest BCUT2D eigenvalue weighted by Crippen LogP contribution is 2.32. The molecule has 2 N–H and O–H groups in total. The van der Waals surface area contributed by atoms with Gasteiger partial charge in [0.15, 0.2) is 0 Å². The number of hydrogen-bond donors (Lipinski definition) is 2. The number of aryl methyl sites for hydroxylation is 1. The Labute approximate surface area is 213 Å². The van der Waals surface area contributed by atoms with Crippen molar-refractivity contribution in [2.24, 2.45) is 0 Å². The van der Waals surface area contributed by atoms with Crippen molar-refractivity contribution in [3.8, 4) is 34.1 Å². The number of rotatable bonds is 5. The van der Waals surface area contributed by atoms with Crippen LogP contribution in [0.4, 0.5) is 0 Å². The van der Waals surface area contributed by atoms with Gasteiger partial charge in [0.1, 0.15) is 17.0 Å². The first-order valence-corrected chi connectivity index (χ1v) is 12.8. The molecule has 0 spiro atoms. The lowest BCUT2D eigenvalue weighted by Crippen LogP contribution is -2.19. The fraction of sp³-hybridized carbons (Fsp3) is 0.241. The van der Waals surface area contributed by atoms with Gasteiger partial charge in [-0.15, -0.1) is 0 Å². The minimum atomic E-state index is 0.278. The molecule has 184 valence electrons. The van der Waals surface area contributed by atoms with Gasteiger partial charge in [-0.25, -0.2) is 9.97 Å². The molecule has 0 saturated heterocycles. The van der Waals surface area contributed by atoms with Gasteiger partial charge in [0.25, 0.3) is 0 Å². The van der Waals surface area contributed by atoms with Crippen molar-refractivity contribution < 1.29 is 4.74 Å². The fourth-order valence-corrected chi connectivity index (χ4v) is 5.29. The molecule has 37 heavy (non-hydrogen) atoms. The van der Waals surface area contributed by atoms with Crippen molar-refractivity contribution in [1.82, 2.24) is 34.7 Å². The predicted molar refractivity (Wildman–Crippen MR) is 144 cm³/mol. The number of aromatic amines is 2. The summed E-state index contributed by atoms with van der Waals surface area (Å²) in [5.41, 5.74) is 8.21. The second kappa shape index (κ2) is 8.89. The molecule has 7 rings (SSSR count). The van der Waals surface area contributed by atoms with E-state index in [0.717, 1.165) is 74.6 Å². The highest BCUT2D eigenvalue weighted by molar-refractivity contribution is 5.97. The molecule has 5 aromatic heterocycles. The van der Waals surface area contributed by atoms with Crippen molar-refractivity contribution in [3.05, 3.63) is 73.1 Å². The summed E-state index contributed by atoms with van der Waals surface area (Å²) in [6.45, 7) is 1.99. The number of pyridine rings is 2. The zero-order valence-corrected chi connectivity index (χ0v) is 20.6. The molecule has 1 aliphatic rings. The van der Waals surface area contributed by atoms with Crippen LogP contribution in [-0.2, 0) is 0 Å². The predicted octanol–water partition coefficient (Wildman–Crippen LogP) is 6.37. The second-order valence-corrected chi connectivity index (χ2v) is 9.80. The molecule has 5 heterocycles. The molecule has 8 nitrogen and oxygen atoms in total. The lowest BCUT2D eigenvalue weighted by atomic mass is 9.98. The summed E-state index contributed by atoms with van der Waals surface area (Å²) >= 11 is 0. The van der Waals surface area contributed by atoms with Crippen LogP contribution in [0.5, 0.6) is 5.75 Å². The summed E-state index contributed by atoms with van der Waals surface area (Å²) in [5.74, 6) is 0.802. The summed E-state index contributed by atoms with van der Waals surface area (Å²) in [6, 6.07) is 14.4. The van der Waals surface area contributed by atoms with Gasteiger partial charge in [-0.05, 0) is 69.0 Å². The number of fused-ring (bicyclic) bond motifs is 2. The van der Waals surface area contributed by atoms with E-state index in [1.807, 2.05) is 54.5 Å².